The van der Waals surface area contributed by atoms with Crippen molar-refractivity contribution < 1.29 is 9.59 Å². The molecule has 3 rings (SSSR count). The lowest BCUT2D eigenvalue weighted by atomic mass is 9.98. The van der Waals surface area contributed by atoms with Gasteiger partial charge in [-0.25, -0.2) is 0 Å². The molecule has 0 spiro atoms. The van der Waals surface area contributed by atoms with E-state index in [0.717, 1.165) is 48.8 Å². The number of benzene rings is 2. The van der Waals surface area contributed by atoms with Crippen molar-refractivity contribution in [2.75, 3.05) is 33.2 Å². The Bertz CT molecular complexity index is 767. The van der Waals surface area contributed by atoms with Crippen LogP contribution < -0.4 is 10.6 Å². The molecular weight excluding hydrogens is 326 g/mol. The number of likely N-dealkylation sites (tertiary alicyclic amines) is 1. The SMILES string of the molecule is CNCC1CCCN(C(=O)CNC(=O)Cc2cccc3ccccc23)C1. The molecule has 0 bridgehead atoms. The van der Waals surface area contributed by atoms with Gasteiger partial charge in [-0.2, -0.15) is 0 Å². The Morgan fingerprint density at radius 1 is 1.15 bits per heavy atom. The molecule has 1 unspecified atom stereocenters. The standard InChI is InChI=1S/C21H27N3O2/c1-22-13-16-6-5-11-24(15-16)21(26)14-23-20(25)12-18-9-4-8-17-7-2-3-10-19(17)18/h2-4,7-10,16,22H,5-6,11-15H2,1H3,(H,23,25). The van der Waals surface area contributed by atoms with Crippen molar-refractivity contribution in [2.24, 2.45) is 5.92 Å². The van der Waals surface area contributed by atoms with Crippen molar-refractivity contribution in [2.45, 2.75) is 19.3 Å². The maximum absolute atomic E-state index is 12.4. The molecule has 0 saturated carbocycles. The van der Waals surface area contributed by atoms with Gasteiger partial charge in [-0.15, -0.1) is 0 Å². The number of carbonyl (C=O) groups is 2. The van der Waals surface area contributed by atoms with Crippen LogP contribution in [-0.4, -0.2) is 49.9 Å². The molecule has 2 amide bonds. The van der Waals surface area contributed by atoms with E-state index in [1.54, 1.807) is 0 Å². The van der Waals surface area contributed by atoms with Crippen molar-refractivity contribution in [3.63, 3.8) is 0 Å². The monoisotopic (exact) mass is 353 g/mol. The van der Waals surface area contributed by atoms with Crippen LogP contribution in [0.3, 0.4) is 0 Å². The van der Waals surface area contributed by atoms with Crippen LogP contribution in [0.25, 0.3) is 10.8 Å². The lowest BCUT2D eigenvalue weighted by molar-refractivity contribution is -0.134. The summed E-state index contributed by atoms with van der Waals surface area (Å²) in [5, 5.41) is 8.18. The average molecular weight is 353 g/mol. The number of fused-ring (bicyclic) bond motifs is 1. The van der Waals surface area contributed by atoms with Gasteiger partial charge in [0.2, 0.25) is 11.8 Å². The van der Waals surface area contributed by atoms with E-state index in [1.807, 2.05) is 54.4 Å². The number of carbonyl (C=O) groups excluding carboxylic acids is 2. The topological polar surface area (TPSA) is 61.4 Å². The first-order valence-electron chi connectivity index (χ1n) is 9.33. The number of nitrogens with one attached hydrogen (secondary N) is 2. The van der Waals surface area contributed by atoms with Crippen LogP contribution in [0.5, 0.6) is 0 Å². The van der Waals surface area contributed by atoms with E-state index in [9.17, 15) is 9.59 Å². The normalized spacial score (nSPS) is 17.3. The highest BCUT2D eigenvalue weighted by molar-refractivity contribution is 5.91. The van der Waals surface area contributed by atoms with Gasteiger partial charge < -0.3 is 15.5 Å². The lowest BCUT2D eigenvalue weighted by Gasteiger charge is -2.32. The van der Waals surface area contributed by atoms with Crippen molar-refractivity contribution >= 4 is 22.6 Å². The molecule has 2 aromatic carbocycles. The molecule has 0 radical (unpaired) electrons. The second-order valence-electron chi connectivity index (χ2n) is 7.00. The largest absolute Gasteiger partial charge is 0.347 e. The third-order valence-electron chi connectivity index (χ3n) is 5.03. The minimum atomic E-state index is -0.113. The molecule has 1 saturated heterocycles. The Morgan fingerprint density at radius 2 is 1.96 bits per heavy atom. The summed E-state index contributed by atoms with van der Waals surface area (Å²) in [6.45, 7) is 2.57. The van der Waals surface area contributed by atoms with E-state index in [0.29, 0.717) is 5.92 Å². The highest BCUT2D eigenvalue weighted by Gasteiger charge is 2.23. The van der Waals surface area contributed by atoms with E-state index >= 15 is 0 Å². The summed E-state index contributed by atoms with van der Waals surface area (Å²) in [5.74, 6) is 0.402. The molecule has 1 aliphatic rings. The van der Waals surface area contributed by atoms with Crippen molar-refractivity contribution in [3.8, 4) is 0 Å². The molecule has 1 fully saturated rings. The first kappa shape index (κ1) is 18.4. The van der Waals surface area contributed by atoms with E-state index in [4.69, 9.17) is 0 Å². The van der Waals surface area contributed by atoms with Gasteiger partial charge in [0.25, 0.3) is 0 Å². The quantitative estimate of drug-likeness (QED) is 0.835. The Balaban J connectivity index is 1.53. The van der Waals surface area contributed by atoms with Crippen LogP contribution in [0.2, 0.25) is 0 Å². The minimum Gasteiger partial charge on any atom is -0.347 e. The van der Waals surface area contributed by atoms with Gasteiger partial charge >= 0.3 is 0 Å². The van der Waals surface area contributed by atoms with Crippen LogP contribution >= 0.6 is 0 Å². The lowest BCUT2D eigenvalue weighted by Crippen LogP contribution is -2.46. The van der Waals surface area contributed by atoms with Crippen LogP contribution in [0.15, 0.2) is 42.5 Å². The zero-order valence-corrected chi connectivity index (χ0v) is 15.3. The van der Waals surface area contributed by atoms with Gasteiger partial charge in [0.1, 0.15) is 0 Å². The fourth-order valence-electron chi connectivity index (χ4n) is 3.71. The molecule has 5 heteroatoms. The summed E-state index contributed by atoms with van der Waals surface area (Å²) in [6.07, 6.45) is 2.47. The third kappa shape index (κ3) is 4.61. The summed E-state index contributed by atoms with van der Waals surface area (Å²) >= 11 is 0. The molecule has 0 aliphatic carbocycles. The number of nitrogens with zero attached hydrogens (tertiary/aromatic N) is 1. The van der Waals surface area contributed by atoms with Gasteiger partial charge in [-0.3, -0.25) is 9.59 Å². The van der Waals surface area contributed by atoms with Crippen molar-refractivity contribution in [1.82, 2.24) is 15.5 Å². The Hall–Kier alpha value is -2.40. The van der Waals surface area contributed by atoms with Gasteiger partial charge in [0, 0.05) is 13.1 Å². The smallest absolute Gasteiger partial charge is 0.241 e. The zero-order valence-electron chi connectivity index (χ0n) is 15.3. The average Bonchev–Trinajstić information content (AvgIpc) is 2.67. The fourth-order valence-corrected chi connectivity index (χ4v) is 3.71. The number of rotatable bonds is 6. The summed E-state index contributed by atoms with van der Waals surface area (Å²) < 4.78 is 0. The Kier molecular flexibility index (Phi) is 6.23. The molecule has 26 heavy (non-hydrogen) atoms. The molecule has 1 heterocycles. The maximum Gasteiger partial charge on any atom is 0.241 e. The molecule has 1 aliphatic heterocycles. The highest BCUT2D eigenvalue weighted by atomic mass is 16.2. The first-order chi connectivity index (χ1) is 12.7. The minimum absolute atomic E-state index is 0.0112. The Labute approximate surface area is 154 Å². The highest BCUT2D eigenvalue weighted by Crippen LogP contribution is 2.19. The summed E-state index contributed by atoms with van der Waals surface area (Å²) in [6, 6.07) is 14.0. The van der Waals surface area contributed by atoms with E-state index in [-0.39, 0.29) is 24.8 Å². The van der Waals surface area contributed by atoms with Gasteiger partial charge in [0.05, 0.1) is 13.0 Å². The van der Waals surface area contributed by atoms with E-state index in [1.165, 1.54) is 0 Å². The molecule has 2 aromatic rings. The first-order valence-corrected chi connectivity index (χ1v) is 9.33. The van der Waals surface area contributed by atoms with E-state index < -0.39 is 0 Å². The molecule has 2 N–H and O–H groups in total. The van der Waals surface area contributed by atoms with E-state index in [2.05, 4.69) is 10.6 Å². The predicted octanol–water partition coefficient (Wildman–Crippen LogP) is 1.96. The number of hydrogen-bond donors (Lipinski definition) is 2. The molecule has 5 nitrogen and oxygen atoms in total. The van der Waals surface area contributed by atoms with Crippen LogP contribution in [-0.2, 0) is 16.0 Å². The van der Waals surface area contributed by atoms with Crippen LogP contribution in [0, 0.1) is 5.92 Å². The zero-order chi connectivity index (χ0) is 18.4. The fraction of sp³-hybridized carbons (Fsp3) is 0.429. The second kappa shape index (κ2) is 8.81. The van der Waals surface area contributed by atoms with Gasteiger partial charge in [-0.1, -0.05) is 42.5 Å². The second-order valence-corrected chi connectivity index (χ2v) is 7.00. The van der Waals surface area contributed by atoms with Gasteiger partial charge in [0.15, 0.2) is 0 Å². The van der Waals surface area contributed by atoms with Gasteiger partial charge in [-0.05, 0) is 48.7 Å². The summed E-state index contributed by atoms with van der Waals surface area (Å²) in [7, 11) is 1.94. The number of amides is 2. The molecule has 1 atom stereocenters. The Morgan fingerprint density at radius 3 is 2.81 bits per heavy atom. The van der Waals surface area contributed by atoms with Crippen molar-refractivity contribution in [1.29, 1.82) is 0 Å². The molecule has 138 valence electrons. The third-order valence-corrected chi connectivity index (χ3v) is 5.03. The summed E-state index contributed by atoms with van der Waals surface area (Å²) in [4.78, 5) is 26.6. The summed E-state index contributed by atoms with van der Waals surface area (Å²) in [5.41, 5.74) is 0.986. The van der Waals surface area contributed by atoms with Crippen LogP contribution in [0.1, 0.15) is 18.4 Å². The molecular formula is C21H27N3O2. The molecule has 0 aromatic heterocycles. The number of hydrogen-bond acceptors (Lipinski definition) is 3. The van der Waals surface area contributed by atoms with Crippen LogP contribution in [0.4, 0.5) is 0 Å². The maximum atomic E-state index is 12.4. The number of piperidine rings is 1. The predicted molar refractivity (Wildman–Crippen MR) is 104 cm³/mol. The van der Waals surface area contributed by atoms with Crippen molar-refractivity contribution in [3.05, 3.63) is 48.0 Å².